The first-order valence-corrected chi connectivity index (χ1v) is 10.3. The highest BCUT2D eigenvalue weighted by atomic mass is 16.5. The second-order valence-corrected chi connectivity index (χ2v) is 7.65. The summed E-state index contributed by atoms with van der Waals surface area (Å²) in [5.41, 5.74) is 2.70. The first kappa shape index (κ1) is 21.4. The zero-order chi connectivity index (χ0) is 22.7. The molecule has 1 N–H and O–H groups in total. The van der Waals surface area contributed by atoms with Crippen molar-refractivity contribution in [1.82, 2.24) is 20.2 Å². The number of carbonyl (C=O) groups is 1. The van der Waals surface area contributed by atoms with E-state index in [0.717, 1.165) is 11.1 Å². The van der Waals surface area contributed by atoms with Crippen LogP contribution in [-0.2, 0) is 16.1 Å². The minimum absolute atomic E-state index is 0.00888. The number of benzene rings is 2. The first-order chi connectivity index (χ1) is 15.5. The fraction of sp³-hybridized carbons (Fsp3) is 0.304. The molecule has 1 aliphatic heterocycles. The lowest BCUT2D eigenvalue weighted by atomic mass is 9.95. The van der Waals surface area contributed by atoms with E-state index in [9.17, 15) is 4.79 Å². The number of nitrogens with zero attached hydrogens (tertiary/aromatic N) is 4. The lowest BCUT2D eigenvalue weighted by molar-refractivity contribution is -0.140. The van der Waals surface area contributed by atoms with Crippen molar-refractivity contribution in [3.8, 4) is 11.5 Å². The van der Waals surface area contributed by atoms with Crippen LogP contribution in [0.2, 0.25) is 0 Å². The normalized spacial score (nSPS) is 15.2. The number of carbonyl (C=O) groups excluding carboxylic acids is 1. The molecule has 0 amide bonds. The lowest BCUT2D eigenvalue weighted by Crippen LogP contribution is -2.29. The summed E-state index contributed by atoms with van der Waals surface area (Å²) in [6, 6.07) is 14.5. The van der Waals surface area contributed by atoms with Crippen LogP contribution in [0.4, 0.5) is 5.95 Å². The molecule has 1 aromatic heterocycles. The van der Waals surface area contributed by atoms with Gasteiger partial charge in [-0.3, -0.25) is 0 Å². The molecule has 0 saturated carbocycles. The van der Waals surface area contributed by atoms with Gasteiger partial charge in [-0.2, -0.15) is 4.68 Å². The van der Waals surface area contributed by atoms with Gasteiger partial charge in [-0.1, -0.05) is 41.5 Å². The molecule has 0 fully saturated rings. The van der Waals surface area contributed by atoms with E-state index in [0.29, 0.717) is 28.7 Å². The molecule has 3 aromatic rings. The molecule has 9 nitrogen and oxygen atoms in total. The monoisotopic (exact) mass is 435 g/mol. The molecule has 4 rings (SSSR count). The van der Waals surface area contributed by atoms with Crippen LogP contribution < -0.4 is 14.8 Å². The lowest BCUT2D eigenvalue weighted by Gasteiger charge is -2.28. The summed E-state index contributed by atoms with van der Waals surface area (Å²) in [6.45, 7) is 5.86. The average molecular weight is 435 g/mol. The molecule has 0 radical (unpaired) electrons. The fourth-order valence-corrected chi connectivity index (χ4v) is 3.59. The Morgan fingerprint density at radius 1 is 1.16 bits per heavy atom. The van der Waals surface area contributed by atoms with Gasteiger partial charge in [0.15, 0.2) is 11.5 Å². The quantitative estimate of drug-likeness (QED) is 0.563. The highest BCUT2D eigenvalue weighted by Gasteiger charge is 2.35. The largest absolute Gasteiger partial charge is 0.493 e. The maximum Gasteiger partial charge on any atom is 0.338 e. The van der Waals surface area contributed by atoms with Gasteiger partial charge in [0.05, 0.1) is 18.8 Å². The number of allylic oxidation sites excluding steroid dienone is 1. The summed E-state index contributed by atoms with van der Waals surface area (Å²) in [7, 11) is 1.58. The Bertz CT molecular complexity index is 1140. The van der Waals surface area contributed by atoms with E-state index in [-0.39, 0.29) is 12.7 Å². The van der Waals surface area contributed by atoms with Gasteiger partial charge < -0.3 is 19.5 Å². The number of aromatic nitrogens is 4. The highest BCUT2D eigenvalue weighted by Crippen LogP contribution is 2.39. The number of tetrazole rings is 1. The maximum absolute atomic E-state index is 13.2. The number of esters is 1. The number of anilines is 1. The molecule has 0 bridgehead atoms. The number of rotatable bonds is 7. The molecule has 1 aliphatic rings. The van der Waals surface area contributed by atoms with Gasteiger partial charge in [-0.05, 0) is 54.5 Å². The second-order valence-electron chi connectivity index (χ2n) is 7.65. The van der Waals surface area contributed by atoms with Crippen LogP contribution >= 0.6 is 0 Å². The number of hydrogen-bond acceptors (Lipinski definition) is 8. The van der Waals surface area contributed by atoms with Crippen molar-refractivity contribution >= 4 is 11.9 Å². The summed E-state index contributed by atoms with van der Waals surface area (Å²) < 4.78 is 18.6. The van der Waals surface area contributed by atoms with Gasteiger partial charge in [0, 0.05) is 5.70 Å². The molecule has 2 heterocycles. The number of fused-ring (bicyclic) bond motifs is 1. The SMILES string of the molecule is COc1cc(C2C(C(=O)OCc3ccccc3)=C(C)Nc3nnnn32)ccc1OC(C)C. The number of nitrogens with one attached hydrogen (secondary N) is 1. The van der Waals surface area contributed by atoms with Crippen molar-refractivity contribution in [3.05, 3.63) is 70.9 Å². The van der Waals surface area contributed by atoms with Crippen molar-refractivity contribution in [1.29, 1.82) is 0 Å². The maximum atomic E-state index is 13.2. The van der Waals surface area contributed by atoms with Gasteiger partial charge in [0.1, 0.15) is 12.6 Å². The third-order valence-corrected chi connectivity index (χ3v) is 5.01. The Kier molecular flexibility index (Phi) is 6.07. The summed E-state index contributed by atoms with van der Waals surface area (Å²) in [4.78, 5) is 13.2. The van der Waals surface area contributed by atoms with E-state index in [4.69, 9.17) is 14.2 Å². The zero-order valence-electron chi connectivity index (χ0n) is 18.4. The van der Waals surface area contributed by atoms with Gasteiger partial charge in [0.2, 0.25) is 5.95 Å². The molecule has 0 aliphatic carbocycles. The van der Waals surface area contributed by atoms with Gasteiger partial charge in [0.25, 0.3) is 0 Å². The van der Waals surface area contributed by atoms with E-state index in [2.05, 4.69) is 20.8 Å². The van der Waals surface area contributed by atoms with Crippen LogP contribution in [0, 0.1) is 0 Å². The van der Waals surface area contributed by atoms with Crippen LogP contribution in [0.15, 0.2) is 59.8 Å². The molecule has 32 heavy (non-hydrogen) atoms. The van der Waals surface area contributed by atoms with Crippen molar-refractivity contribution in [2.24, 2.45) is 0 Å². The molecule has 0 saturated heterocycles. The van der Waals surface area contributed by atoms with E-state index in [1.807, 2.05) is 62.4 Å². The van der Waals surface area contributed by atoms with Gasteiger partial charge in [-0.15, -0.1) is 0 Å². The van der Waals surface area contributed by atoms with E-state index in [1.54, 1.807) is 18.7 Å². The zero-order valence-corrected chi connectivity index (χ0v) is 18.4. The van der Waals surface area contributed by atoms with Crippen molar-refractivity contribution in [2.45, 2.75) is 39.5 Å². The number of methoxy groups -OCH3 is 1. The van der Waals surface area contributed by atoms with Crippen LogP contribution in [0.25, 0.3) is 0 Å². The standard InChI is InChI=1S/C23H25N5O4/c1-14(2)32-18-11-10-17(12-19(18)30-4)21-20(15(3)24-23-25-26-27-28(21)23)22(29)31-13-16-8-6-5-7-9-16/h5-12,14,21H,13H2,1-4H3,(H,24,25,27). The molecule has 9 heteroatoms. The van der Waals surface area contributed by atoms with Gasteiger partial charge in [-0.25, -0.2) is 4.79 Å². The third kappa shape index (κ3) is 4.27. The first-order valence-electron chi connectivity index (χ1n) is 10.3. The summed E-state index contributed by atoms with van der Waals surface area (Å²) >= 11 is 0. The molecular weight excluding hydrogens is 410 g/mol. The van der Waals surface area contributed by atoms with Crippen LogP contribution in [-0.4, -0.2) is 39.4 Å². The molecule has 0 spiro atoms. The second kappa shape index (κ2) is 9.09. The minimum Gasteiger partial charge on any atom is -0.493 e. The van der Waals surface area contributed by atoms with Gasteiger partial charge >= 0.3 is 5.97 Å². The van der Waals surface area contributed by atoms with Crippen molar-refractivity contribution in [3.63, 3.8) is 0 Å². The van der Waals surface area contributed by atoms with Crippen LogP contribution in [0.5, 0.6) is 11.5 Å². The smallest absolute Gasteiger partial charge is 0.338 e. The molecule has 166 valence electrons. The highest BCUT2D eigenvalue weighted by molar-refractivity contribution is 5.92. The Hall–Kier alpha value is -3.88. The Labute approximate surface area is 186 Å². The minimum atomic E-state index is -0.591. The third-order valence-electron chi connectivity index (χ3n) is 5.01. The Morgan fingerprint density at radius 3 is 2.66 bits per heavy atom. The fourth-order valence-electron chi connectivity index (χ4n) is 3.59. The van der Waals surface area contributed by atoms with E-state index >= 15 is 0 Å². The number of ether oxygens (including phenoxy) is 3. The Balaban J connectivity index is 1.70. The number of hydrogen-bond donors (Lipinski definition) is 1. The summed E-state index contributed by atoms with van der Waals surface area (Å²) in [6.07, 6.45) is -0.00888. The van der Waals surface area contributed by atoms with Crippen molar-refractivity contribution < 1.29 is 19.0 Å². The predicted molar refractivity (Wildman–Crippen MR) is 117 cm³/mol. The average Bonchev–Trinajstić information content (AvgIpc) is 3.25. The van der Waals surface area contributed by atoms with E-state index in [1.165, 1.54) is 0 Å². The molecule has 1 unspecified atom stereocenters. The van der Waals surface area contributed by atoms with Crippen molar-refractivity contribution in [2.75, 3.05) is 12.4 Å². The van der Waals surface area contributed by atoms with E-state index < -0.39 is 12.0 Å². The Morgan fingerprint density at radius 2 is 1.94 bits per heavy atom. The molecule has 2 aromatic carbocycles. The molecular formula is C23H25N5O4. The topological polar surface area (TPSA) is 100 Å². The van der Waals surface area contributed by atoms with Crippen LogP contribution in [0.1, 0.15) is 37.9 Å². The van der Waals surface area contributed by atoms with Crippen LogP contribution in [0.3, 0.4) is 0 Å². The summed E-state index contributed by atoms with van der Waals surface area (Å²) in [5, 5.41) is 15.0. The summed E-state index contributed by atoms with van der Waals surface area (Å²) in [5.74, 6) is 1.16. The predicted octanol–water partition coefficient (Wildman–Crippen LogP) is 3.50. The molecule has 1 atom stereocenters.